The van der Waals surface area contributed by atoms with E-state index in [4.69, 9.17) is 23.2 Å². The molecule has 0 spiro atoms. The molecule has 0 saturated heterocycles. The number of rotatable bonds is 4. The maximum absolute atomic E-state index is 5.91. The monoisotopic (exact) mass is 243 g/mol. The second kappa shape index (κ2) is 4.73. The van der Waals surface area contributed by atoms with Crippen molar-refractivity contribution in [2.24, 2.45) is 11.8 Å². The van der Waals surface area contributed by atoms with Gasteiger partial charge in [-0.2, -0.15) is 0 Å². The molecule has 15 heavy (non-hydrogen) atoms. The summed E-state index contributed by atoms with van der Waals surface area (Å²) in [7, 11) is 0. The number of hydrogen-bond acceptors (Lipinski definition) is 1. The van der Waals surface area contributed by atoms with E-state index >= 15 is 0 Å². The first-order valence-electron chi connectivity index (χ1n) is 5.31. The van der Waals surface area contributed by atoms with Crippen LogP contribution in [0.2, 0.25) is 10.0 Å². The van der Waals surface area contributed by atoms with Gasteiger partial charge < -0.3 is 5.32 Å². The van der Waals surface area contributed by atoms with Crippen molar-refractivity contribution in [3.05, 3.63) is 33.8 Å². The largest absolute Gasteiger partial charge is 0.312 e. The van der Waals surface area contributed by atoms with Crippen molar-refractivity contribution in [2.75, 3.05) is 6.54 Å². The second-order valence-corrected chi connectivity index (χ2v) is 5.25. The Morgan fingerprint density at radius 2 is 1.87 bits per heavy atom. The van der Waals surface area contributed by atoms with Crippen LogP contribution in [0, 0.1) is 11.8 Å². The summed E-state index contributed by atoms with van der Waals surface area (Å²) >= 11 is 11.8. The molecule has 1 saturated carbocycles. The minimum absolute atomic E-state index is 0.707. The van der Waals surface area contributed by atoms with Gasteiger partial charge in [-0.3, -0.25) is 0 Å². The summed E-state index contributed by atoms with van der Waals surface area (Å²) in [6.45, 7) is 4.25. The van der Waals surface area contributed by atoms with Crippen molar-refractivity contribution < 1.29 is 0 Å². The third kappa shape index (κ3) is 3.37. The van der Waals surface area contributed by atoms with Crippen molar-refractivity contribution >= 4 is 23.2 Å². The number of benzene rings is 1. The van der Waals surface area contributed by atoms with Crippen LogP contribution in [0.15, 0.2) is 18.2 Å². The number of nitrogens with one attached hydrogen (secondary N) is 1. The summed E-state index contributed by atoms with van der Waals surface area (Å²) in [6, 6.07) is 5.67. The van der Waals surface area contributed by atoms with Crippen LogP contribution in [0.3, 0.4) is 0 Å². The molecule has 0 heterocycles. The van der Waals surface area contributed by atoms with E-state index in [0.717, 1.165) is 30.5 Å². The average Bonchev–Trinajstić information content (AvgIpc) is 2.80. The highest BCUT2D eigenvalue weighted by Crippen LogP contribution is 2.36. The lowest BCUT2D eigenvalue weighted by molar-refractivity contribution is 0.612. The molecule has 2 unspecified atom stereocenters. The van der Waals surface area contributed by atoms with Crippen LogP contribution in [0.25, 0.3) is 0 Å². The predicted octanol–water partition coefficient (Wildman–Crippen LogP) is 3.74. The van der Waals surface area contributed by atoms with Crippen LogP contribution < -0.4 is 5.32 Å². The molecule has 0 bridgehead atoms. The SMILES string of the molecule is CC1CC1CNCc1cc(Cl)cc(Cl)c1. The molecule has 0 amide bonds. The van der Waals surface area contributed by atoms with E-state index in [2.05, 4.69) is 12.2 Å². The Bertz CT molecular complexity index is 331. The van der Waals surface area contributed by atoms with Gasteiger partial charge in [0.25, 0.3) is 0 Å². The van der Waals surface area contributed by atoms with Gasteiger partial charge in [-0.25, -0.2) is 0 Å². The highest BCUT2D eigenvalue weighted by Gasteiger charge is 2.31. The molecular formula is C12H15Cl2N. The smallest absolute Gasteiger partial charge is 0.0424 e. The van der Waals surface area contributed by atoms with Gasteiger partial charge in [-0.1, -0.05) is 30.1 Å². The highest BCUT2D eigenvalue weighted by atomic mass is 35.5. The third-order valence-electron chi connectivity index (χ3n) is 2.93. The van der Waals surface area contributed by atoms with Gasteiger partial charge in [-0.05, 0) is 48.6 Å². The summed E-state index contributed by atoms with van der Waals surface area (Å²) < 4.78 is 0. The van der Waals surface area contributed by atoms with E-state index in [1.165, 1.54) is 6.42 Å². The fourth-order valence-corrected chi connectivity index (χ4v) is 2.37. The normalized spacial score (nSPS) is 24.2. The Morgan fingerprint density at radius 1 is 1.27 bits per heavy atom. The molecule has 2 atom stereocenters. The number of hydrogen-bond donors (Lipinski definition) is 1. The van der Waals surface area contributed by atoms with Gasteiger partial charge in [0.1, 0.15) is 0 Å². The van der Waals surface area contributed by atoms with Crippen LogP contribution in [0.5, 0.6) is 0 Å². The minimum Gasteiger partial charge on any atom is -0.312 e. The Kier molecular flexibility index (Phi) is 3.55. The van der Waals surface area contributed by atoms with E-state index in [-0.39, 0.29) is 0 Å². The zero-order chi connectivity index (χ0) is 10.8. The first kappa shape index (κ1) is 11.3. The van der Waals surface area contributed by atoms with Crippen molar-refractivity contribution in [2.45, 2.75) is 19.9 Å². The lowest BCUT2D eigenvalue weighted by atomic mass is 10.2. The zero-order valence-corrected chi connectivity index (χ0v) is 10.3. The second-order valence-electron chi connectivity index (χ2n) is 4.38. The Hall–Kier alpha value is -0.240. The van der Waals surface area contributed by atoms with Gasteiger partial charge in [0, 0.05) is 16.6 Å². The van der Waals surface area contributed by atoms with Crippen LogP contribution in [0.4, 0.5) is 0 Å². The van der Waals surface area contributed by atoms with Crippen LogP contribution in [-0.4, -0.2) is 6.54 Å². The first-order valence-corrected chi connectivity index (χ1v) is 6.06. The molecule has 2 rings (SSSR count). The average molecular weight is 244 g/mol. The maximum Gasteiger partial charge on any atom is 0.0424 e. The predicted molar refractivity (Wildman–Crippen MR) is 65.4 cm³/mol. The van der Waals surface area contributed by atoms with E-state index in [1.807, 2.05) is 12.1 Å². The molecular weight excluding hydrogens is 229 g/mol. The summed E-state index contributed by atoms with van der Waals surface area (Å²) in [5.74, 6) is 1.78. The molecule has 1 aromatic rings. The van der Waals surface area contributed by atoms with Crippen molar-refractivity contribution in [1.29, 1.82) is 0 Å². The molecule has 0 aromatic heterocycles. The molecule has 1 nitrogen and oxygen atoms in total. The standard InChI is InChI=1S/C12H15Cl2N/c1-8-2-10(8)7-15-6-9-3-11(13)5-12(14)4-9/h3-5,8,10,15H,2,6-7H2,1H3. The van der Waals surface area contributed by atoms with Crippen LogP contribution in [0.1, 0.15) is 18.9 Å². The molecule has 0 aliphatic heterocycles. The van der Waals surface area contributed by atoms with Gasteiger partial charge in [0.05, 0.1) is 0 Å². The van der Waals surface area contributed by atoms with Gasteiger partial charge in [0.15, 0.2) is 0 Å². The molecule has 1 N–H and O–H groups in total. The van der Waals surface area contributed by atoms with E-state index in [0.29, 0.717) is 10.0 Å². The van der Waals surface area contributed by atoms with E-state index in [1.54, 1.807) is 6.07 Å². The topological polar surface area (TPSA) is 12.0 Å². The lowest BCUT2D eigenvalue weighted by Gasteiger charge is -2.05. The molecule has 82 valence electrons. The van der Waals surface area contributed by atoms with Crippen molar-refractivity contribution in [1.82, 2.24) is 5.32 Å². The summed E-state index contributed by atoms with van der Waals surface area (Å²) in [6.07, 6.45) is 1.36. The highest BCUT2D eigenvalue weighted by molar-refractivity contribution is 6.34. The molecule has 1 aliphatic carbocycles. The summed E-state index contributed by atoms with van der Waals surface area (Å²) in [5.41, 5.74) is 1.15. The van der Waals surface area contributed by atoms with Crippen molar-refractivity contribution in [3.63, 3.8) is 0 Å². The fraction of sp³-hybridized carbons (Fsp3) is 0.500. The van der Waals surface area contributed by atoms with E-state index in [9.17, 15) is 0 Å². The van der Waals surface area contributed by atoms with Gasteiger partial charge >= 0.3 is 0 Å². The molecule has 0 radical (unpaired) electrons. The first-order chi connectivity index (χ1) is 7.15. The molecule has 1 aliphatic rings. The molecule has 1 fully saturated rings. The van der Waals surface area contributed by atoms with Crippen LogP contribution >= 0.6 is 23.2 Å². The Labute approximate surface area is 101 Å². The minimum atomic E-state index is 0.707. The van der Waals surface area contributed by atoms with Crippen LogP contribution in [-0.2, 0) is 6.54 Å². The van der Waals surface area contributed by atoms with E-state index < -0.39 is 0 Å². The lowest BCUT2D eigenvalue weighted by Crippen LogP contribution is -2.16. The fourth-order valence-electron chi connectivity index (χ4n) is 1.80. The Balaban J connectivity index is 1.82. The molecule has 1 aromatic carbocycles. The van der Waals surface area contributed by atoms with Gasteiger partial charge in [-0.15, -0.1) is 0 Å². The maximum atomic E-state index is 5.91. The zero-order valence-electron chi connectivity index (χ0n) is 8.76. The quantitative estimate of drug-likeness (QED) is 0.850. The summed E-state index contributed by atoms with van der Waals surface area (Å²) in [4.78, 5) is 0. The Morgan fingerprint density at radius 3 is 2.40 bits per heavy atom. The number of halogens is 2. The van der Waals surface area contributed by atoms with Crippen molar-refractivity contribution in [3.8, 4) is 0 Å². The van der Waals surface area contributed by atoms with Gasteiger partial charge in [0.2, 0.25) is 0 Å². The summed E-state index contributed by atoms with van der Waals surface area (Å²) in [5, 5.41) is 4.85. The third-order valence-corrected chi connectivity index (χ3v) is 3.37. The molecule has 3 heteroatoms.